The Balaban J connectivity index is 2.21. The fourth-order valence-corrected chi connectivity index (χ4v) is 3.64. The SMILES string of the molecule is CCC(C#N)N1c2ccccc2Sc2ccc(Cl)cc21. The molecule has 0 N–H and O–H groups in total. The number of anilines is 2. The maximum Gasteiger partial charge on any atom is 0.121 e. The van der Waals surface area contributed by atoms with Gasteiger partial charge in [-0.1, -0.05) is 42.4 Å². The summed E-state index contributed by atoms with van der Waals surface area (Å²) in [6, 6.07) is 16.3. The number of nitriles is 1. The Morgan fingerprint density at radius 3 is 2.70 bits per heavy atom. The van der Waals surface area contributed by atoms with Crippen molar-refractivity contribution < 1.29 is 0 Å². The van der Waals surface area contributed by atoms with Crippen molar-refractivity contribution in [1.82, 2.24) is 0 Å². The summed E-state index contributed by atoms with van der Waals surface area (Å²) in [5, 5.41) is 10.2. The molecule has 0 saturated heterocycles. The first-order chi connectivity index (χ1) is 9.74. The van der Waals surface area contributed by atoms with Gasteiger partial charge in [-0.2, -0.15) is 5.26 Å². The molecule has 1 heterocycles. The third-order valence-corrected chi connectivity index (χ3v) is 4.74. The highest BCUT2D eigenvalue weighted by molar-refractivity contribution is 7.99. The number of nitrogens with zero attached hydrogens (tertiary/aromatic N) is 2. The minimum atomic E-state index is -0.186. The van der Waals surface area contributed by atoms with Gasteiger partial charge in [-0.15, -0.1) is 0 Å². The molecule has 0 aromatic heterocycles. The second kappa shape index (κ2) is 5.40. The monoisotopic (exact) mass is 300 g/mol. The molecule has 2 aromatic carbocycles. The van der Waals surface area contributed by atoms with Crippen LogP contribution in [0.4, 0.5) is 11.4 Å². The highest BCUT2D eigenvalue weighted by atomic mass is 35.5. The number of fused-ring (bicyclic) bond motifs is 2. The Kier molecular flexibility index (Phi) is 3.60. The Hall–Kier alpha value is -1.63. The topological polar surface area (TPSA) is 27.0 Å². The molecule has 0 fully saturated rings. The smallest absolute Gasteiger partial charge is 0.121 e. The van der Waals surface area contributed by atoms with Gasteiger partial charge in [-0.3, -0.25) is 0 Å². The van der Waals surface area contributed by atoms with Crippen LogP contribution < -0.4 is 4.90 Å². The average Bonchev–Trinajstić information content (AvgIpc) is 2.48. The van der Waals surface area contributed by atoms with E-state index in [9.17, 15) is 5.26 Å². The second-order valence-electron chi connectivity index (χ2n) is 4.60. The lowest BCUT2D eigenvalue weighted by Gasteiger charge is -2.35. The minimum Gasteiger partial charge on any atom is -0.323 e. The Labute approximate surface area is 128 Å². The van der Waals surface area contributed by atoms with Crippen LogP contribution in [0.2, 0.25) is 5.02 Å². The largest absolute Gasteiger partial charge is 0.323 e. The van der Waals surface area contributed by atoms with Gasteiger partial charge in [-0.05, 0) is 36.8 Å². The third kappa shape index (κ3) is 2.15. The van der Waals surface area contributed by atoms with E-state index in [1.54, 1.807) is 11.8 Å². The van der Waals surface area contributed by atoms with Crippen LogP contribution in [0.15, 0.2) is 52.3 Å². The van der Waals surface area contributed by atoms with Crippen molar-refractivity contribution in [1.29, 1.82) is 5.26 Å². The quantitative estimate of drug-likeness (QED) is 0.758. The van der Waals surface area contributed by atoms with Crippen LogP contribution >= 0.6 is 23.4 Å². The fourth-order valence-electron chi connectivity index (χ4n) is 2.42. The number of hydrogen-bond donors (Lipinski definition) is 0. The molecule has 0 spiro atoms. The standard InChI is InChI=1S/C16H13ClN2S/c1-2-12(10-18)19-13-5-3-4-6-15(13)20-16-8-7-11(17)9-14(16)19/h3-9,12H,2H2,1H3. The van der Waals surface area contributed by atoms with Crippen LogP contribution in [0.5, 0.6) is 0 Å². The van der Waals surface area contributed by atoms with Crippen LogP contribution in [0.25, 0.3) is 0 Å². The molecule has 20 heavy (non-hydrogen) atoms. The van der Waals surface area contributed by atoms with Crippen LogP contribution in [0.1, 0.15) is 13.3 Å². The van der Waals surface area contributed by atoms with Crippen molar-refractivity contribution >= 4 is 34.7 Å². The average molecular weight is 301 g/mol. The normalized spacial score (nSPS) is 14.2. The molecule has 0 amide bonds. The molecule has 1 aliphatic heterocycles. The van der Waals surface area contributed by atoms with Gasteiger partial charge in [0, 0.05) is 14.8 Å². The summed E-state index contributed by atoms with van der Waals surface area (Å²) < 4.78 is 0. The lowest BCUT2D eigenvalue weighted by Crippen LogP contribution is -2.31. The molecule has 0 saturated carbocycles. The first kappa shape index (κ1) is 13.4. The van der Waals surface area contributed by atoms with E-state index in [2.05, 4.69) is 23.1 Å². The van der Waals surface area contributed by atoms with Gasteiger partial charge in [-0.25, -0.2) is 0 Å². The Morgan fingerprint density at radius 2 is 1.95 bits per heavy atom. The van der Waals surface area contributed by atoms with E-state index < -0.39 is 0 Å². The summed E-state index contributed by atoms with van der Waals surface area (Å²) in [4.78, 5) is 4.42. The van der Waals surface area contributed by atoms with Crippen molar-refractivity contribution in [2.24, 2.45) is 0 Å². The van der Waals surface area contributed by atoms with Gasteiger partial charge in [0.2, 0.25) is 0 Å². The zero-order valence-corrected chi connectivity index (χ0v) is 12.6. The third-order valence-electron chi connectivity index (χ3n) is 3.37. The predicted octanol–water partition coefficient (Wildman–Crippen LogP) is 5.24. The molecule has 0 aliphatic carbocycles. The fraction of sp³-hybridized carbons (Fsp3) is 0.188. The molecule has 1 unspecified atom stereocenters. The predicted molar refractivity (Wildman–Crippen MR) is 83.8 cm³/mol. The first-order valence-electron chi connectivity index (χ1n) is 6.50. The van der Waals surface area contributed by atoms with E-state index in [-0.39, 0.29) is 6.04 Å². The molecule has 1 aliphatic rings. The van der Waals surface area contributed by atoms with Crippen LogP contribution in [-0.4, -0.2) is 6.04 Å². The molecule has 3 rings (SSSR count). The summed E-state index contributed by atoms with van der Waals surface area (Å²) >= 11 is 7.86. The van der Waals surface area contributed by atoms with E-state index in [1.807, 2.05) is 37.3 Å². The van der Waals surface area contributed by atoms with E-state index >= 15 is 0 Å². The highest BCUT2D eigenvalue weighted by Gasteiger charge is 2.28. The van der Waals surface area contributed by atoms with Crippen molar-refractivity contribution in [3.63, 3.8) is 0 Å². The molecular formula is C16H13ClN2S. The maximum atomic E-state index is 9.47. The van der Waals surface area contributed by atoms with Gasteiger partial charge in [0.05, 0.1) is 17.4 Å². The second-order valence-corrected chi connectivity index (χ2v) is 6.13. The van der Waals surface area contributed by atoms with Crippen LogP contribution in [0.3, 0.4) is 0 Å². The molecule has 2 nitrogen and oxygen atoms in total. The number of halogens is 1. The zero-order valence-electron chi connectivity index (χ0n) is 11.0. The Bertz CT molecular complexity index is 693. The molecular weight excluding hydrogens is 288 g/mol. The van der Waals surface area contributed by atoms with E-state index in [0.717, 1.165) is 22.7 Å². The van der Waals surface area contributed by atoms with Crippen LogP contribution in [-0.2, 0) is 0 Å². The molecule has 0 radical (unpaired) electrons. The number of benzene rings is 2. The number of hydrogen-bond acceptors (Lipinski definition) is 3. The molecule has 1 atom stereocenters. The lowest BCUT2D eigenvalue weighted by molar-refractivity contribution is 0.749. The van der Waals surface area contributed by atoms with Gasteiger partial charge >= 0.3 is 0 Å². The van der Waals surface area contributed by atoms with E-state index in [1.165, 1.54) is 4.90 Å². The van der Waals surface area contributed by atoms with E-state index in [0.29, 0.717) is 5.02 Å². The van der Waals surface area contributed by atoms with Crippen LogP contribution in [0, 0.1) is 11.3 Å². The van der Waals surface area contributed by atoms with Crippen molar-refractivity contribution in [2.75, 3.05) is 4.90 Å². The van der Waals surface area contributed by atoms with E-state index in [4.69, 9.17) is 11.6 Å². The van der Waals surface area contributed by atoms with Crippen molar-refractivity contribution in [3.05, 3.63) is 47.5 Å². The maximum absolute atomic E-state index is 9.47. The summed E-state index contributed by atoms with van der Waals surface area (Å²) in [7, 11) is 0. The summed E-state index contributed by atoms with van der Waals surface area (Å²) in [6.07, 6.45) is 0.765. The van der Waals surface area contributed by atoms with Gasteiger partial charge in [0.25, 0.3) is 0 Å². The Morgan fingerprint density at radius 1 is 1.20 bits per heavy atom. The number of para-hydroxylation sites is 1. The highest BCUT2D eigenvalue weighted by Crippen LogP contribution is 2.49. The zero-order chi connectivity index (χ0) is 14.1. The van der Waals surface area contributed by atoms with Crippen molar-refractivity contribution in [2.45, 2.75) is 29.2 Å². The number of rotatable bonds is 2. The summed E-state index contributed by atoms with van der Waals surface area (Å²) in [6.45, 7) is 2.03. The van der Waals surface area contributed by atoms with Gasteiger partial charge in [0.15, 0.2) is 0 Å². The lowest BCUT2D eigenvalue weighted by atomic mass is 10.1. The van der Waals surface area contributed by atoms with Gasteiger partial charge in [0.1, 0.15) is 6.04 Å². The molecule has 4 heteroatoms. The summed E-state index contributed by atoms with van der Waals surface area (Å²) in [5.74, 6) is 0. The minimum absolute atomic E-state index is 0.186. The molecule has 100 valence electrons. The van der Waals surface area contributed by atoms with Gasteiger partial charge < -0.3 is 4.90 Å². The van der Waals surface area contributed by atoms with Crippen molar-refractivity contribution in [3.8, 4) is 6.07 Å². The first-order valence-corrected chi connectivity index (χ1v) is 7.69. The molecule has 0 bridgehead atoms. The summed E-state index contributed by atoms with van der Waals surface area (Å²) in [5.41, 5.74) is 2.11. The molecule has 2 aromatic rings.